The minimum absolute atomic E-state index is 0.242. The Labute approximate surface area is 151 Å². The predicted octanol–water partition coefficient (Wildman–Crippen LogP) is 4.30. The molecule has 0 saturated carbocycles. The van der Waals surface area contributed by atoms with Gasteiger partial charge in [-0.25, -0.2) is 9.97 Å². The summed E-state index contributed by atoms with van der Waals surface area (Å²) >= 11 is 5.86. The fourth-order valence-corrected chi connectivity index (χ4v) is 2.29. The zero-order chi connectivity index (χ0) is 17.6. The van der Waals surface area contributed by atoms with E-state index in [-0.39, 0.29) is 5.91 Å². The summed E-state index contributed by atoms with van der Waals surface area (Å²) in [5.74, 6) is 0.218. The van der Waals surface area contributed by atoms with E-state index in [2.05, 4.69) is 20.6 Å². The molecule has 3 aromatic rings. The normalized spacial score (nSPS) is 10.3. The molecule has 0 spiro atoms. The largest absolute Gasteiger partial charge is 0.350 e. The SMILES string of the molecule is Cc1ccc(NC(=O)c2cnc(NCc3ccc(Cl)cc3)nc2)cc1. The molecule has 5 nitrogen and oxygen atoms in total. The van der Waals surface area contributed by atoms with Gasteiger partial charge in [0.15, 0.2) is 0 Å². The Morgan fingerprint density at radius 2 is 1.64 bits per heavy atom. The average Bonchev–Trinajstić information content (AvgIpc) is 2.63. The Morgan fingerprint density at radius 3 is 2.28 bits per heavy atom. The van der Waals surface area contributed by atoms with Gasteiger partial charge in [0, 0.05) is 29.6 Å². The van der Waals surface area contributed by atoms with E-state index in [4.69, 9.17) is 11.6 Å². The first-order chi connectivity index (χ1) is 12.1. The van der Waals surface area contributed by atoms with E-state index in [1.807, 2.05) is 55.5 Å². The third kappa shape index (κ3) is 4.78. The number of carbonyl (C=O) groups excluding carboxylic acids is 1. The molecule has 6 heteroatoms. The van der Waals surface area contributed by atoms with Gasteiger partial charge in [0.05, 0.1) is 5.56 Å². The molecule has 1 heterocycles. The number of anilines is 2. The van der Waals surface area contributed by atoms with Crippen LogP contribution in [0, 0.1) is 6.92 Å². The number of benzene rings is 2. The average molecular weight is 353 g/mol. The molecule has 0 aliphatic heterocycles. The topological polar surface area (TPSA) is 66.9 Å². The first-order valence-electron chi connectivity index (χ1n) is 7.78. The van der Waals surface area contributed by atoms with E-state index in [9.17, 15) is 4.79 Å². The molecule has 2 N–H and O–H groups in total. The number of carbonyl (C=O) groups is 1. The quantitative estimate of drug-likeness (QED) is 0.718. The third-order valence-electron chi connectivity index (χ3n) is 3.59. The van der Waals surface area contributed by atoms with Crippen molar-refractivity contribution in [3.63, 3.8) is 0 Å². The van der Waals surface area contributed by atoms with Gasteiger partial charge in [0.2, 0.25) is 5.95 Å². The van der Waals surface area contributed by atoms with E-state index >= 15 is 0 Å². The number of halogens is 1. The molecule has 0 saturated heterocycles. The van der Waals surface area contributed by atoms with E-state index in [1.165, 1.54) is 12.4 Å². The Kier molecular flexibility index (Phi) is 5.26. The molecule has 126 valence electrons. The summed E-state index contributed by atoms with van der Waals surface area (Å²) in [5, 5.41) is 6.62. The lowest BCUT2D eigenvalue weighted by atomic mass is 10.2. The maximum atomic E-state index is 12.2. The van der Waals surface area contributed by atoms with Gasteiger partial charge in [-0.1, -0.05) is 41.4 Å². The van der Waals surface area contributed by atoms with E-state index in [0.29, 0.717) is 23.1 Å². The summed E-state index contributed by atoms with van der Waals surface area (Å²) in [6.07, 6.45) is 3.00. The molecule has 0 fully saturated rings. The monoisotopic (exact) mass is 352 g/mol. The van der Waals surface area contributed by atoms with Crippen molar-refractivity contribution in [3.05, 3.63) is 82.6 Å². The molecule has 0 atom stereocenters. The molecular formula is C19H17ClN4O. The highest BCUT2D eigenvalue weighted by molar-refractivity contribution is 6.30. The van der Waals surface area contributed by atoms with Crippen molar-refractivity contribution in [2.24, 2.45) is 0 Å². The van der Waals surface area contributed by atoms with Gasteiger partial charge in [-0.15, -0.1) is 0 Å². The first kappa shape index (κ1) is 16.9. The highest BCUT2D eigenvalue weighted by Crippen LogP contribution is 2.12. The van der Waals surface area contributed by atoms with Gasteiger partial charge >= 0.3 is 0 Å². The minimum Gasteiger partial charge on any atom is -0.350 e. The second-order valence-electron chi connectivity index (χ2n) is 5.60. The number of aryl methyl sites for hydroxylation is 1. The van der Waals surface area contributed by atoms with Crippen molar-refractivity contribution in [3.8, 4) is 0 Å². The summed E-state index contributed by atoms with van der Waals surface area (Å²) in [4.78, 5) is 20.6. The molecule has 1 aromatic heterocycles. The first-order valence-corrected chi connectivity index (χ1v) is 8.16. The van der Waals surface area contributed by atoms with Crippen LogP contribution in [0.5, 0.6) is 0 Å². The summed E-state index contributed by atoms with van der Waals surface area (Å²) in [6, 6.07) is 15.1. The van der Waals surface area contributed by atoms with Gasteiger partial charge < -0.3 is 10.6 Å². The summed E-state index contributed by atoms with van der Waals surface area (Å²) in [6.45, 7) is 2.57. The summed E-state index contributed by atoms with van der Waals surface area (Å²) in [7, 11) is 0. The molecule has 0 aliphatic carbocycles. The molecule has 2 aromatic carbocycles. The van der Waals surface area contributed by atoms with Crippen LogP contribution in [0.15, 0.2) is 60.9 Å². The number of rotatable bonds is 5. The Bertz CT molecular complexity index is 846. The van der Waals surface area contributed by atoms with Gasteiger partial charge in [-0.05, 0) is 36.8 Å². The maximum Gasteiger partial charge on any atom is 0.258 e. The van der Waals surface area contributed by atoms with Crippen molar-refractivity contribution in [1.29, 1.82) is 0 Å². The standard InChI is InChI=1S/C19H17ClN4O/c1-13-2-8-17(9-3-13)24-18(25)15-11-22-19(23-12-15)21-10-14-4-6-16(20)7-5-14/h2-9,11-12H,10H2,1H3,(H,24,25)(H,21,22,23). The van der Waals surface area contributed by atoms with Gasteiger partial charge in [-0.3, -0.25) is 4.79 Å². The fraction of sp³-hybridized carbons (Fsp3) is 0.105. The number of hydrogen-bond donors (Lipinski definition) is 2. The van der Waals surface area contributed by atoms with Gasteiger partial charge in [-0.2, -0.15) is 0 Å². The van der Waals surface area contributed by atoms with Crippen molar-refractivity contribution < 1.29 is 4.79 Å². The molecular weight excluding hydrogens is 336 g/mol. The Hall–Kier alpha value is -2.92. The Balaban J connectivity index is 1.58. The van der Waals surface area contributed by atoms with Crippen LogP contribution in [0.25, 0.3) is 0 Å². The molecule has 1 amide bonds. The van der Waals surface area contributed by atoms with Crippen molar-refractivity contribution in [2.45, 2.75) is 13.5 Å². The number of hydrogen-bond acceptors (Lipinski definition) is 4. The number of nitrogens with zero attached hydrogens (tertiary/aromatic N) is 2. The molecule has 0 aliphatic rings. The van der Waals surface area contributed by atoms with Crippen molar-refractivity contribution >= 4 is 29.1 Å². The third-order valence-corrected chi connectivity index (χ3v) is 3.84. The van der Waals surface area contributed by atoms with Crippen LogP contribution in [0.2, 0.25) is 5.02 Å². The van der Waals surface area contributed by atoms with Gasteiger partial charge in [0.1, 0.15) is 0 Å². The van der Waals surface area contributed by atoms with Crippen LogP contribution in [0.4, 0.5) is 11.6 Å². The van der Waals surface area contributed by atoms with E-state index in [1.54, 1.807) is 0 Å². The predicted molar refractivity (Wildman–Crippen MR) is 99.9 cm³/mol. The van der Waals surface area contributed by atoms with Crippen LogP contribution in [0.3, 0.4) is 0 Å². The lowest BCUT2D eigenvalue weighted by molar-refractivity contribution is 0.102. The van der Waals surface area contributed by atoms with Crippen LogP contribution in [-0.4, -0.2) is 15.9 Å². The second-order valence-corrected chi connectivity index (χ2v) is 6.03. The van der Waals surface area contributed by atoms with E-state index in [0.717, 1.165) is 16.8 Å². The summed E-state index contributed by atoms with van der Waals surface area (Å²) in [5.41, 5.74) is 3.34. The van der Waals surface area contributed by atoms with E-state index < -0.39 is 0 Å². The lowest BCUT2D eigenvalue weighted by Crippen LogP contribution is -2.13. The lowest BCUT2D eigenvalue weighted by Gasteiger charge is -2.07. The molecule has 0 bridgehead atoms. The van der Waals surface area contributed by atoms with Gasteiger partial charge in [0.25, 0.3) is 5.91 Å². The Morgan fingerprint density at radius 1 is 1.00 bits per heavy atom. The van der Waals surface area contributed by atoms with Crippen LogP contribution in [0.1, 0.15) is 21.5 Å². The zero-order valence-electron chi connectivity index (χ0n) is 13.7. The molecule has 3 rings (SSSR count). The molecule has 0 radical (unpaired) electrons. The van der Waals surface area contributed by atoms with Crippen LogP contribution >= 0.6 is 11.6 Å². The number of aromatic nitrogens is 2. The number of amides is 1. The minimum atomic E-state index is -0.242. The summed E-state index contributed by atoms with van der Waals surface area (Å²) < 4.78 is 0. The van der Waals surface area contributed by atoms with Crippen molar-refractivity contribution in [1.82, 2.24) is 9.97 Å². The second kappa shape index (κ2) is 7.77. The number of nitrogens with one attached hydrogen (secondary N) is 2. The smallest absolute Gasteiger partial charge is 0.258 e. The fourth-order valence-electron chi connectivity index (χ4n) is 2.16. The highest BCUT2D eigenvalue weighted by atomic mass is 35.5. The van der Waals surface area contributed by atoms with Crippen LogP contribution in [-0.2, 0) is 6.54 Å². The zero-order valence-corrected chi connectivity index (χ0v) is 14.4. The van der Waals surface area contributed by atoms with Crippen molar-refractivity contribution in [2.75, 3.05) is 10.6 Å². The highest BCUT2D eigenvalue weighted by Gasteiger charge is 2.07. The molecule has 0 unspecified atom stereocenters. The van der Waals surface area contributed by atoms with Crippen LogP contribution < -0.4 is 10.6 Å². The maximum absolute atomic E-state index is 12.2. The molecule has 25 heavy (non-hydrogen) atoms.